The molecule has 0 atom stereocenters. The highest BCUT2D eigenvalue weighted by Gasteiger charge is 2.20. The molecule has 47 heavy (non-hydrogen) atoms. The van der Waals surface area contributed by atoms with Crippen molar-refractivity contribution in [1.29, 1.82) is 0 Å². The lowest BCUT2D eigenvalue weighted by Crippen LogP contribution is -1.92. The van der Waals surface area contributed by atoms with Crippen LogP contribution >= 0.6 is 0 Å². The summed E-state index contributed by atoms with van der Waals surface area (Å²) in [6.45, 7) is 0. The van der Waals surface area contributed by atoms with Crippen LogP contribution in [0, 0.1) is 0 Å². The summed E-state index contributed by atoms with van der Waals surface area (Å²) in [5.74, 6) is 0. The molecule has 0 aliphatic carbocycles. The lowest BCUT2D eigenvalue weighted by molar-refractivity contribution is 0.673. The molecule has 0 aliphatic rings. The second-order valence-electron chi connectivity index (χ2n) is 11.0. The minimum absolute atomic E-state index is 0.0174. The number of fused-ring (bicyclic) bond motifs is 8. The van der Waals surface area contributed by atoms with Crippen molar-refractivity contribution in [3.8, 4) is 33.4 Å². The Bertz CT molecular complexity index is 3820. The van der Waals surface area contributed by atoms with Crippen molar-refractivity contribution in [3.63, 3.8) is 0 Å². The van der Waals surface area contributed by atoms with Crippen LogP contribution in [-0.4, -0.2) is 0 Å². The van der Waals surface area contributed by atoms with Crippen molar-refractivity contribution < 1.29 is 29.1 Å². The van der Waals surface area contributed by atoms with Crippen molar-refractivity contribution in [2.75, 3.05) is 0 Å². The lowest BCUT2D eigenvalue weighted by atomic mass is 9.83. The van der Waals surface area contributed by atoms with E-state index in [0.29, 0.717) is 27.1 Å². The topological polar surface area (TPSA) is 13.1 Å². The largest absolute Gasteiger partial charge is 0.455 e. The predicted molar refractivity (Wildman–Crippen MR) is 200 cm³/mol. The molecule has 0 saturated carbocycles. The first-order chi connectivity index (χ1) is 30.8. The van der Waals surface area contributed by atoms with Gasteiger partial charge in [-0.3, -0.25) is 0 Å². The van der Waals surface area contributed by atoms with E-state index >= 15 is 0 Å². The number of hydrogen-bond acceptors (Lipinski definition) is 1. The Balaban J connectivity index is 1.36. The summed E-state index contributed by atoms with van der Waals surface area (Å²) in [5.41, 5.74) is -0.219. The number of rotatable bonds is 3. The van der Waals surface area contributed by atoms with E-state index < -0.39 is 103 Å². The summed E-state index contributed by atoms with van der Waals surface area (Å²) in [7, 11) is 0. The average Bonchev–Trinajstić information content (AvgIpc) is 3.70. The molecule has 9 aromatic carbocycles. The molecule has 0 fully saturated rings. The molecule has 1 nitrogen and oxygen atoms in total. The van der Waals surface area contributed by atoms with Crippen LogP contribution in [-0.2, 0) is 0 Å². The highest BCUT2D eigenvalue weighted by molar-refractivity contribution is 6.25. The van der Waals surface area contributed by atoms with Gasteiger partial charge < -0.3 is 4.42 Å². The Morgan fingerprint density at radius 3 is 1.87 bits per heavy atom. The molecule has 0 unspecified atom stereocenters. The van der Waals surface area contributed by atoms with E-state index in [1.165, 1.54) is 6.07 Å². The molecule has 0 bridgehead atoms. The molecular weight excluding hydrogens is 569 g/mol. The number of furan rings is 1. The molecular formula is C46H28O. The van der Waals surface area contributed by atoms with Gasteiger partial charge in [0.15, 0.2) is 0 Å². The van der Waals surface area contributed by atoms with Gasteiger partial charge >= 0.3 is 0 Å². The van der Waals surface area contributed by atoms with E-state index in [9.17, 15) is 8.22 Å². The molecule has 218 valence electrons. The van der Waals surface area contributed by atoms with Crippen molar-refractivity contribution in [2.45, 2.75) is 0 Å². The maximum absolute atomic E-state index is 9.70. The van der Waals surface area contributed by atoms with Crippen LogP contribution < -0.4 is 0 Å². The maximum atomic E-state index is 9.70. The molecule has 10 rings (SSSR count). The molecule has 0 saturated heterocycles. The molecule has 1 heterocycles. The first-order valence-corrected chi connectivity index (χ1v) is 14.7. The predicted octanol–water partition coefficient (Wildman–Crippen LogP) is 13.2. The molecule has 0 amide bonds. The fourth-order valence-corrected chi connectivity index (χ4v) is 6.51. The van der Waals surface area contributed by atoms with Crippen LogP contribution in [0.3, 0.4) is 0 Å². The van der Waals surface area contributed by atoms with Crippen LogP contribution in [0.15, 0.2) is 174 Å². The van der Waals surface area contributed by atoms with Gasteiger partial charge in [0.1, 0.15) is 11.2 Å². The first-order valence-electron chi connectivity index (χ1n) is 23.7. The summed E-state index contributed by atoms with van der Waals surface area (Å²) < 4.78 is 166. The minimum atomic E-state index is -0.612. The second kappa shape index (κ2) is 10.2. The molecule has 10 aromatic rings. The highest BCUT2D eigenvalue weighted by Crippen LogP contribution is 2.47. The van der Waals surface area contributed by atoms with Gasteiger partial charge in [0.25, 0.3) is 0 Å². The minimum Gasteiger partial charge on any atom is -0.455 e. The number of benzene rings is 9. The standard InChI is InChI=1S/C46H28O/c1-2-12-29(13-3-1)32-26-27-41(35-17-7-6-16-34(32)35)45-39-20-10-8-18-37(39)44(38-19-9-11-21-40(38)45)31-23-24-36-42-25-22-30-14-4-5-15-33(30)46(42)47-43(36)28-31/h1-28H/i1D,2D,3D,4D,5D,6D,7D,12D,14D,15D,17D,22D,23D,24D,25D,26D,27D,28D. The third-order valence-electron chi connectivity index (χ3n) is 8.51. The second-order valence-corrected chi connectivity index (χ2v) is 11.0. The van der Waals surface area contributed by atoms with E-state index in [-0.39, 0.29) is 77.3 Å². The van der Waals surface area contributed by atoms with Gasteiger partial charge in [0, 0.05) is 16.2 Å². The van der Waals surface area contributed by atoms with Crippen molar-refractivity contribution in [3.05, 3.63) is 169 Å². The van der Waals surface area contributed by atoms with E-state index in [1.54, 1.807) is 48.5 Å². The zero-order chi connectivity index (χ0) is 46.6. The average molecular weight is 615 g/mol. The highest BCUT2D eigenvalue weighted by atomic mass is 16.3. The first kappa shape index (κ1) is 14.1. The van der Waals surface area contributed by atoms with Crippen molar-refractivity contribution in [1.82, 2.24) is 0 Å². The van der Waals surface area contributed by atoms with Crippen molar-refractivity contribution >= 4 is 65.0 Å². The van der Waals surface area contributed by atoms with Gasteiger partial charge in [-0.25, -0.2) is 0 Å². The molecule has 1 heteroatoms. The fourth-order valence-electron chi connectivity index (χ4n) is 6.51. The smallest absolute Gasteiger partial charge is 0.143 e. The molecule has 0 aliphatic heterocycles. The van der Waals surface area contributed by atoms with Gasteiger partial charge in [-0.05, 0) is 89.2 Å². The third-order valence-corrected chi connectivity index (χ3v) is 8.51. The van der Waals surface area contributed by atoms with Crippen LogP contribution in [0.25, 0.3) is 98.4 Å². The zero-order valence-corrected chi connectivity index (χ0v) is 24.2. The Kier molecular flexibility index (Phi) is 3.04. The summed E-state index contributed by atoms with van der Waals surface area (Å²) in [6, 6.07) is 7.06. The Morgan fingerprint density at radius 2 is 1.04 bits per heavy atom. The monoisotopic (exact) mass is 614 g/mol. The van der Waals surface area contributed by atoms with E-state index in [0.717, 1.165) is 6.07 Å². The van der Waals surface area contributed by atoms with Gasteiger partial charge in [-0.1, -0.05) is 151 Å². The summed E-state index contributed by atoms with van der Waals surface area (Å²) in [6.07, 6.45) is 0. The van der Waals surface area contributed by atoms with Crippen LogP contribution in [0.2, 0.25) is 0 Å². The SMILES string of the molecule is [2H]c1cc(-c2c([2H])c([2H])c(-c3c4ccccc4c(-c4c([2H])c([2H])c5c(oc6c7c([2H])c([2H])c([2H])c([2H])c7c([2H])c([2H])c65)c4[2H])c4ccccc34)c3c([2H])c([2H])c([2H])cc23)c([2H])c([2H])c1[2H]. The Labute approximate surface area is 297 Å². The molecule has 0 radical (unpaired) electrons. The molecule has 1 aromatic heterocycles. The van der Waals surface area contributed by atoms with Gasteiger partial charge in [-0.15, -0.1) is 0 Å². The van der Waals surface area contributed by atoms with Crippen LogP contribution in [0.4, 0.5) is 0 Å². The Morgan fingerprint density at radius 1 is 0.383 bits per heavy atom. The van der Waals surface area contributed by atoms with Crippen LogP contribution in [0.5, 0.6) is 0 Å². The van der Waals surface area contributed by atoms with Crippen LogP contribution in [0.1, 0.15) is 24.7 Å². The van der Waals surface area contributed by atoms with E-state index in [1.807, 2.05) is 0 Å². The summed E-state index contributed by atoms with van der Waals surface area (Å²) in [4.78, 5) is 0. The molecule has 0 N–H and O–H groups in total. The van der Waals surface area contributed by atoms with Crippen molar-refractivity contribution in [2.24, 2.45) is 0 Å². The number of hydrogen-bond donors (Lipinski definition) is 0. The van der Waals surface area contributed by atoms with Gasteiger partial charge in [0.05, 0.1) is 24.7 Å². The third kappa shape index (κ3) is 3.90. The van der Waals surface area contributed by atoms with Gasteiger partial charge in [-0.2, -0.15) is 0 Å². The quantitative estimate of drug-likeness (QED) is 0.180. The van der Waals surface area contributed by atoms with E-state index in [4.69, 9.17) is 20.9 Å². The fraction of sp³-hybridized carbons (Fsp3) is 0. The summed E-state index contributed by atoms with van der Waals surface area (Å²) in [5, 5.41) is 0.802. The Hall–Kier alpha value is -6.18. The van der Waals surface area contributed by atoms with Gasteiger partial charge in [0.2, 0.25) is 0 Å². The normalized spacial score (nSPS) is 17.2. The summed E-state index contributed by atoms with van der Waals surface area (Å²) >= 11 is 0. The maximum Gasteiger partial charge on any atom is 0.143 e. The van der Waals surface area contributed by atoms with E-state index in [2.05, 4.69) is 0 Å². The zero-order valence-electron chi connectivity index (χ0n) is 42.2. The lowest BCUT2D eigenvalue weighted by Gasteiger charge is -2.19. The molecule has 0 spiro atoms.